The molecule has 3 aromatic rings. The molecule has 0 aromatic heterocycles. The van der Waals surface area contributed by atoms with E-state index in [2.05, 4.69) is 130 Å². The van der Waals surface area contributed by atoms with Gasteiger partial charge in [-0.3, -0.25) is 9.59 Å². The molecule has 1 N–H and O–H groups in total. The molecule has 4 atom stereocenters. The first kappa shape index (κ1) is 52.9. The molecule has 1 saturated heterocycles. The Morgan fingerprint density at radius 1 is 0.746 bits per heavy atom. The lowest BCUT2D eigenvalue weighted by molar-refractivity contribution is -0.190. The molecule has 1 fully saturated rings. The van der Waals surface area contributed by atoms with E-state index >= 15 is 0 Å². The molecule has 63 heavy (non-hydrogen) atoms. The number of hydrogen-bond donors (Lipinski definition) is 1. The molecule has 0 bridgehead atoms. The van der Waals surface area contributed by atoms with Gasteiger partial charge >= 0.3 is 11.9 Å². The van der Waals surface area contributed by atoms with Gasteiger partial charge in [0.25, 0.3) is 0 Å². The average Bonchev–Trinajstić information content (AvgIpc) is 3.28. The summed E-state index contributed by atoms with van der Waals surface area (Å²) in [5.41, 5.74) is 6.37. The Labute approximate surface area is 381 Å². The number of hydrogen-bond acceptors (Lipinski definition) is 7. The fourth-order valence-corrected chi connectivity index (χ4v) is 8.25. The van der Waals surface area contributed by atoms with Gasteiger partial charge in [-0.25, -0.2) is 4.79 Å². The highest BCUT2D eigenvalue weighted by atomic mass is 16.6. The monoisotopic (exact) mass is 867 g/mol. The van der Waals surface area contributed by atoms with Crippen molar-refractivity contribution in [2.24, 2.45) is 11.8 Å². The lowest BCUT2D eigenvalue weighted by Crippen LogP contribution is -2.48. The van der Waals surface area contributed by atoms with Crippen molar-refractivity contribution in [3.63, 3.8) is 0 Å². The Morgan fingerprint density at radius 2 is 1.30 bits per heavy atom. The van der Waals surface area contributed by atoms with Gasteiger partial charge < -0.3 is 24.4 Å². The molecule has 1 aliphatic heterocycles. The van der Waals surface area contributed by atoms with Crippen molar-refractivity contribution < 1.29 is 28.6 Å². The maximum atomic E-state index is 12.9. The SMILES string of the molecule is CC/C(=C(\c1ccccc1)c1ccc(OCCN(C)C)cc1)c1ccccc1.CCCCCCCCCCC[C@@H](C[C@@H]1OC(=O)[C@H]1CCCCCC)OC(=O)[C@H](CC(C)C)NC=O. The van der Waals surface area contributed by atoms with E-state index in [0.29, 0.717) is 25.9 Å². The molecule has 348 valence electrons. The second-order valence-electron chi connectivity index (χ2n) is 17.9. The van der Waals surface area contributed by atoms with E-state index in [-0.39, 0.29) is 36.0 Å². The van der Waals surface area contributed by atoms with Crippen molar-refractivity contribution in [3.05, 3.63) is 102 Å². The van der Waals surface area contributed by atoms with Gasteiger partial charge in [-0.15, -0.1) is 0 Å². The van der Waals surface area contributed by atoms with Crippen LogP contribution in [0.4, 0.5) is 0 Å². The number of benzene rings is 3. The molecular formula is C55H82N2O6. The van der Waals surface area contributed by atoms with Crippen LogP contribution in [0.5, 0.6) is 5.75 Å². The normalized spacial score (nSPS) is 15.9. The lowest BCUT2D eigenvalue weighted by atomic mass is 9.86. The van der Waals surface area contributed by atoms with E-state index in [1.165, 1.54) is 85.6 Å². The summed E-state index contributed by atoms with van der Waals surface area (Å²) in [7, 11) is 4.11. The molecular weight excluding hydrogens is 785 g/mol. The summed E-state index contributed by atoms with van der Waals surface area (Å²) < 4.78 is 17.3. The summed E-state index contributed by atoms with van der Waals surface area (Å²) >= 11 is 0. The van der Waals surface area contributed by atoms with Crippen LogP contribution >= 0.6 is 0 Å². The van der Waals surface area contributed by atoms with Gasteiger partial charge in [0.2, 0.25) is 6.41 Å². The minimum absolute atomic E-state index is 0.0734. The fourth-order valence-electron chi connectivity index (χ4n) is 8.25. The molecule has 0 aliphatic carbocycles. The van der Waals surface area contributed by atoms with E-state index in [1.54, 1.807) is 0 Å². The zero-order valence-electron chi connectivity index (χ0n) is 40.1. The largest absolute Gasteiger partial charge is 0.492 e. The number of allylic oxidation sites excluding steroid dienone is 1. The van der Waals surface area contributed by atoms with Gasteiger partial charge in [-0.2, -0.15) is 0 Å². The van der Waals surface area contributed by atoms with Crippen molar-refractivity contribution in [1.29, 1.82) is 0 Å². The third kappa shape index (κ3) is 20.3. The zero-order valence-corrected chi connectivity index (χ0v) is 40.1. The van der Waals surface area contributed by atoms with Crippen LogP contribution in [0.25, 0.3) is 11.1 Å². The Kier molecular flexibility index (Phi) is 26.4. The fraction of sp³-hybridized carbons (Fsp3) is 0.582. The lowest BCUT2D eigenvalue weighted by Gasteiger charge is -2.37. The van der Waals surface area contributed by atoms with Crippen LogP contribution in [0.2, 0.25) is 0 Å². The summed E-state index contributed by atoms with van der Waals surface area (Å²) in [5, 5.41) is 2.62. The standard InChI is InChI=1S/C29H53NO5.C26H29NO/c1-5-7-9-11-12-13-14-15-16-18-24(34-29(33)26(30-22-31)20-23(3)4)21-27-25(28(32)35-27)19-17-10-8-6-2;1-4-25(21-11-7-5-8-12-21)26(22-13-9-6-10-14-22)23-15-17-24(18-16-23)28-20-19-27(2)3/h22-27H,5-21H2,1-4H3,(H,30,31);5-18H,4,19-20H2,1-3H3/b;26-25-/t24-,25-,26-,27-;/m0./s1. The number of amides is 1. The van der Waals surface area contributed by atoms with Crippen LogP contribution in [0.3, 0.4) is 0 Å². The van der Waals surface area contributed by atoms with Crippen molar-refractivity contribution in [3.8, 4) is 5.75 Å². The van der Waals surface area contributed by atoms with Crippen LogP contribution in [0.15, 0.2) is 84.9 Å². The number of rotatable bonds is 31. The van der Waals surface area contributed by atoms with Crippen LogP contribution in [-0.4, -0.2) is 68.7 Å². The van der Waals surface area contributed by atoms with Crippen LogP contribution in [0, 0.1) is 11.8 Å². The number of carbonyl (C=O) groups excluding carboxylic acids is 3. The number of ether oxygens (including phenoxy) is 3. The summed E-state index contributed by atoms with van der Waals surface area (Å²) in [6.07, 6.45) is 19.5. The third-order valence-electron chi connectivity index (χ3n) is 11.8. The maximum Gasteiger partial charge on any atom is 0.328 e. The van der Waals surface area contributed by atoms with Crippen LogP contribution in [0.1, 0.15) is 167 Å². The zero-order chi connectivity index (χ0) is 45.7. The van der Waals surface area contributed by atoms with Crippen molar-refractivity contribution >= 4 is 29.5 Å². The molecule has 0 radical (unpaired) electrons. The highest BCUT2D eigenvalue weighted by molar-refractivity contribution is 5.98. The number of cyclic esters (lactones) is 1. The van der Waals surface area contributed by atoms with E-state index in [0.717, 1.165) is 57.2 Å². The number of esters is 2. The van der Waals surface area contributed by atoms with Gasteiger partial charge in [0.05, 0.1) is 5.92 Å². The highest BCUT2D eigenvalue weighted by Crippen LogP contribution is 2.35. The average molecular weight is 867 g/mol. The molecule has 0 saturated carbocycles. The molecule has 0 spiro atoms. The van der Waals surface area contributed by atoms with Gasteiger partial charge in [0, 0.05) is 13.0 Å². The molecule has 1 amide bonds. The molecule has 3 aromatic carbocycles. The van der Waals surface area contributed by atoms with Crippen LogP contribution in [-0.2, 0) is 23.9 Å². The van der Waals surface area contributed by atoms with Crippen molar-refractivity contribution in [2.45, 2.75) is 168 Å². The second-order valence-corrected chi connectivity index (χ2v) is 17.9. The first-order chi connectivity index (χ1) is 30.6. The summed E-state index contributed by atoms with van der Waals surface area (Å²) in [5.74, 6) is 0.610. The maximum absolute atomic E-state index is 12.9. The predicted molar refractivity (Wildman–Crippen MR) is 260 cm³/mol. The second kappa shape index (κ2) is 31.4. The summed E-state index contributed by atoms with van der Waals surface area (Å²) in [6.45, 7) is 12.3. The number of nitrogens with zero attached hydrogens (tertiary/aromatic N) is 1. The Morgan fingerprint density at radius 3 is 1.84 bits per heavy atom. The number of likely N-dealkylation sites (N-methyl/N-ethyl adjacent to an activating group) is 1. The first-order valence-electron chi connectivity index (χ1n) is 24.4. The van der Waals surface area contributed by atoms with Crippen molar-refractivity contribution in [2.75, 3.05) is 27.2 Å². The summed E-state index contributed by atoms with van der Waals surface area (Å²) in [4.78, 5) is 38.1. The van der Waals surface area contributed by atoms with E-state index in [1.807, 2.05) is 13.8 Å². The van der Waals surface area contributed by atoms with Gasteiger partial charge in [0.1, 0.15) is 30.6 Å². The number of carbonyl (C=O) groups is 3. The predicted octanol–water partition coefficient (Wildman–Crippen LogP) is 12.9. The molecule has 0 unspecified atom stereocenters. The smallest absolute Gasteiger partial charge is 0.328 e. The Bertz CT molecular complexity index is 1710. The molecule has 1 heterocycles. The van der Waals surface area contributed by atoms with E-state index in [9.17, 15) is 14.4 Å². The first-order valence-corrected chi connectivity index (χ1v) is 24.4. The highest BCUT2D eigenvalue weighted by Gasteiger charge is 2.43. The van der Waals surface area contributed by atoms with E-state index in [4.69, 9.17) is 14.2 Å². The van der Waals surface area contributed by atoms with Crippen molar-refractivity contribution in [1.82, 2.24) is 10.2 Å². The Hall–Kier alpha value is -4.43. The molecule has 8 heteroatoms. The molecule has 8 nitrogen and oxygen atoms in total. The minimum atomic E-state index is -0.632. The van der Waals surface area contributed by atoms with Gasteiger partial charge in [0.15, 0.2) is 0 Å². The minimum Gasteiger partial charge on any atom is -0.492 e. The quantitative estimate of drug-likeness (QED) is 0.0298. The molecule has 1 aliphatic rings. The van der Waals surface area contributed by atoms with Gasteiger partial charge in [-0.05, 0) is 92.1 Å². The van der Waals surface area contributed by atoms with Gasteiger partial charge in [-0.1, -0.05) is 184 Å². The summed E-state index contributed by atoms with van der Waals surface area (Å²) in [6, 6.07) is 29.2. The number of unbranched alkanes of at least 4 members (excludes halogenated alkanes) is 11. The van der Waals surface area contributed by atoms with E-state index < -0.39 is 6.04 Å². The Balaban J connectivity index is 0.000000342. The third-order valence-corrected chi connectivity index (χ3v) is 11.8. The topological polar surface area (TPSA) is 94.2 Å². The van der Waals surface area contributed by atoms with Crippen LogP contribution < -0.4 is 10.1 Å². The number of nitrogens with one attached hydrogen (secondary N) is 1. The molecule has 4 rings (SSSR count).